The summed E-state index contributed by atoms with van der Waals surface area (Å²) in [6, 6.07) is 13.3. The van der Waals surface area contributed by atoms with Gasteiger partial charge in [0.25, 0.3) is 0 Å². The van der Waals surface area contributed by atoms with Crippen molar-refractivity contribution in [3.05, 3.63) is 60.6 Å². The lowest BCUT2D eigenvalue weighted by Gasteiger charge is -2.40. The molecular formula is C26H32F3N7. The van der Waals surface area contributed by atoms with Gasteiger partial charge in [0, 0.05) is 61.0 Å². The summed E-state index contributed by atoms with van der Waals surface area (Å²) >= 11 is 0. The van der Waals surface area contributed by atoms with Gasteiger partial charge in [-0.1, -0.05) is 12.8 Å². The second-order valence-corrected chi connectivity index (χ2v) is 9.73. The van der Waals surface area contributed by atoms with Gasteiger partial charge in [0.1, 0.15) is 5.82 Å². The summed E-state index contributed by atoms with van der Waals surface area (Å²) in [6.45, 7) is 1.98. The summed E-state index contributed by atoms with van der Waals surface area (Å²) in [6.07, 6.45) is 5.09. The molecule has 0 unspecified atom stereocenters. The van der Waals surface area contributed by atoms with Crippen molar-refractivity contribution in [2.75, 3.05) is 29.0 Å². The van der Waals surface area contributed by atoms with Crippen molar-refractivity contribution in [1.82, 2.24) is 20.1 Å². The van der Waals surface area contributed by atoms with E-state index in [1.165, 1.54) is 23.0 Å². The predicted molar refractivity (Wildman–Crippen MR) is 135 cm³/mol. The number of nitrogens with one attached hydrogen (secondary N) is 2. The smallest absolute Gasteiger partial charge is 0.399 e. The highest BCUT2D eigenvalue weighted by molar-refractivity contribution is 5.53. The van der Waals surface area contributed by atoms with Gasteiger partial charge in [-0.15, -0.1) is 0 Å². The molecule has 0 radical (unpaired) electrons. The third kappa shape index (κ3) is 5.75. The number of nitrogen functional groups attached to an aromatic ring is 1. The Labute approximate surface area is 208 Å². The Bertz CT molecular complexity index is 1140. The maximum absolute atomic E-state index is 13.0. The third-order valence-corrected chi connectivity index (χ3v) is 7.12. The molecule has 2 aromatic heterocycles. The Hall–Kier alpha value is -3.27. The Morgan fingerprint density at radius 2 is 1.69 bits per heavy atom. The van der Waals surface area contributed by atoms with Crippen LogP contribution in [0.4, 0.5) is 30.4 Å². The molecule has 192 valence electrons. The highest BCUT2D eigenvalue weighted by Crippen LogP contribution is 2.29. The van der Waals surface area contributed by atoms with Crippen LogP contribution >= 0.6 is 0 Å². The second kappa shape index (κ2) is 10.4. The van der Waals surface area contributed by atoms with Gasteiger partial charge in [-0.25, -0.2) is 9.67 Å². The molecule has 3 aromatic rings. The molecular weight excluding hydrogens is 467 g/mol. The summed E-state index contributed by atoms with van der Waals surface area (Å²) in [5.74, 6) is 0.641. The first-order valence-corrected chi connectivity index (χ1v) is 12.6. The molecule has 2 fully saturated rings. The number of anilines is 3. The quantitative estimate of drug-likeness (QED) is 0.421. The third-order valence-electron chi connectivity index (χ3n) is 7.12. The molecule has 10 heteroatoms. The van der Waals surface area contributed by atoms with E-state index >= 15 is 0 Å². The number of hydrogen-bond donors (Lipinski definition) is 3. The molecule has 1 aromatic carbocycles. The summed E-state index contributed by atoms with van der Waals surface area (Å²) < 4.78 is 40.1. The summed E-state index contributed by atoms with van der Waals surface area (Å²) in [4.78, 5) is 6.85. The van der Waals surface area contributed by atoms with E-state index in [1.807, 2.05) is 12.1 Å². The average Bonchev–Trinajstić information content (AvgIpc) is 3.38. The van der Waals surface area contributed by atoms with E-state index < -0.39 is 11.9 Å². The van der Waals surface area contributed by atoms with Crippen LogP contribution in [0.25, 0.3) is 5.69 Å². The zero-order valence-electron chi connectivity index (χ0n) is 20.1. The largest absolute Gasteiger partial charge is 0.435 e. The summed E-state index contributed by atoms with van der Waals surface area (Å²) in [7, 11) is 0. The van der Waals surface area contributed by atoms with Crippen molar-refractivity contribution in [3.8, 4) is 5.69 Å². The predicted octanol–water partition coefficient (Wildman–Crippen LogP) is 4.85. The minimum Gasteiger partial charge on any atom is -0.399 e. The van der Waals surface area contributed by atoms with Crippen LogP contribution in [-0.4, -0.2) is 46.0 Å². The van der Waals surface area contributed by atoms with Gasteiger partial charge in [0.15, 0.2) is 5.69 Å². The fraction of sp³-hybridized carbons (Fsp3) is 0.462. The lowest BCUT2D eigenvalue weighted by molar-refractivity contribution is -0.141. The Kier molecular flexibility index (Phi) is 7.04. The molecule has 36 heavy (non-hydrogen) atoms. The van der Waals surface area contributed by atoms with Gasteiger partial charge in [-0.3, -0.25) is 0 Å². The minimum atomic E-state index is -4.47. The first-order valence-electron chi connectivity index (χ1n) is 12.6. The van der Waals surface area contributed by atoms with Crippen LogP contribution in [0.15, 0.2) is 54.9 Å². The van der Waals surface area contributed by atoms with Crippen LogP contribution < -0.4 is 21.3 Å². The topological polar surface area (TPSA) is 84.0 Å². The number of halogens is 3. The lowest BCUT2D eigenvalue weighted by Crippen LogP contribution is -2.55. The van der Waals surface area contributed by atoms with E-state index in [4.69, 9.17) is 5.73 Å². The van der Waals surface area contributed by atoms with Crippen molar-refractivity contribution >= 4 is 17.2 Å². The SMILES string of the molecule is Nc1ccc(N2CCC[C@H](N[C@@H]3CCCC[C@H]3Nc3cc(-n4ccc(C(F)(F)F)n4)ccn3)C2)cc1. The van der Waals surface area contributed by atoms with E-state index in [0.29, 0.717) is 23.6 Å². The molecule has 7 nitrogen and oxygen atoms in total. The average molecular weight is 500 g/mol. The molecule has 0 amide bonds. The molecule has 1 aliphatic heterocycles. The van der Waals surface area contributed by atoms with Gasteiger partial charge >= 0.3 is 6.18 Å². The molecule has 1 saturated heterocycles. The molecule has 1 saturated carbocycles. The van der Waals surface area contributed by atoms with Gasteiger partial charge in [0.05, 0.1) is 5.69 Å². The molecule has 0 bridgehead atoms. The van der Waals surface area contributed by atoms with Crippen LogP contribution in [0.5, 0.6) is 0 Å². The molecule has 3 atom stereocenters. The van der Waals surface area contributed by atoms with Crippen LogP contribution in [-0.2, 0) is 6.18 Å². The summed E-state index contributed by atoms with van der Waals surface area (Å²) in [5, 5.41) is 11.1. The van der Waals surface area contributed by atoms with Crippen molar-refractivity contribution in [1.29, 1.82) is 0 Å². The number of piperidine rings is 1. The number of benzene rings is 1. The fourth-order valence-electron chi connectivity index (χ4n) is 5.29. The molecule has 1 aliphatic carbocycles. The minimum absolute atomic E-state index is 0.191. The van der Waals surface area contributed by atoms with E-state index in [0.717, 1.165) is 56.9 Å². The van der Waals surface area contributed by atoms with E-state index in [-0.39, 0.29) is 6.04 Å². The summed E-state index contributed by atoms with van der Waals surface area (Å²) in [5.41, 5.74) is 7.45. The highest BCUT2D eigenvalue weighted by atomic mass is 19.4. The van der Waals surface area contributed by atoms with Gasteiger partial charge in [0.2, 0.25) is 0 Å². The van der Waals surface area contributed by atoms with Gasteiger partial charge in [-0.05, 0) is 62.1 Å². The van der Waals surface area contributed by atoms with Crippen molar-refractivity contribution in [2.45, 2.75) is 62.8 Å². The molecule has 4 N–H and O–H groups in total. The number of hydrogen-bond acceptors (Lipinski definition) is 6. The van der Waals surface area contributed by atoms with Gasteiger partial charge in [-0.2, -0.15) is 18.3 Å². The maximum Gasteiger partial charge on any atom is 0.435 e. The standard InChI is InChI=1S/C26H32F3N7/c27-26(28,29)24-12-15-36(34-24)21-11-13-31-25(16-21)33-23-6-2-1-5-22(23)32-19-4-3-14-35(17-19)20-9-7-18(30)8-10-20/h7-13,15-16,19,22-23,32H,1-6,14,17,30H2,(H,31,33)/t19-,22+,23+/m0/s1. The molecule has 0 spiro atoms. The molecule has 3 heterocycles. The van der Waals surface area contributed by atoms with E-state index in [9.17, 15) is 13.2 Å². The van der Waals surface area contributed by atoms with Crippen LogP contribution in [0.1, 0.15) is 44.2 Å². The fourth-order valence-corrected chi connectivity index (χ4v) is 5.29. The first-order chi connectivity index (χ1) is 17.3. The molecule has 5 rings (SSSR count). The Morgan fingerprint density at radius 3 is 2.44 bits per heavy atom. The van der Waals surface area contributed by atoms with Crippen LogP contribution in [0.2, 0.25) is 0 Å². The zero-order valence-corrected chi connectivity index (χ0v) is 20.1. The zero-order chi connectivity index (χ0) is 25.1. The van der Waals surface area contributed by atoms with E-state index in [1.54, 1.807) is 18.3 Å². The number of alkyl halides is 3. The second-order valence-electron chi connectivity index (χ2n) is 9.73. The maximum atomic E-state index is 13.0. The monoisotopic (exact) mass is 499 g/mol. The highest BCUT2D eigenvalue weighted by Gasteiger charge is 2.34. The number of nitrogens with two attached hydrogens (primary N) is 1. The van der Waals surface area contributed by atoms with Crippen molar-refractivity contribution in [2.24, 2.45) is 0 Å². The van der Waals surface area contributed by atoms with Crippen LogP contribution in [0.3, 0.4) is 0 Å². The first kappa shape index (κ1) is 24.4. The number of aromatic nitrogens is 3. The number of pyridine rings is 1. The van der Waals surface area contributed by atoms with Crippen molar-refractivity contribution in [3.63, 3.8) is 0 Å². The van der Waals surface area contributed by atoms with Crippen LogP contribution in [0, 0.1) is 0 Å². The Morgan fingerprint density at radius 1 is 0.917 bits per heavy atom. The normalized spacial score (nSPS) is 23.0. The number of nitrogens with zero attached hydrogens (tertiary/aromatic N) is 4. The Balaban J connectivity index is 1.24. The van der Waals surface area contributed by atoms with E-state index in [2.05, 4.69) is 37.7 Å². The van der Waals surface area contributed by atoms with Gasteiger partial charge < -0.3 is 21.3 Å². The number of rotatable bonds is 6. The lowest BCUT2D eigenvalue weighted by atomic mass is 9.89. The van der Waals surface area contributed by atoms with Crippen molar-refractivity contribution < 1.29 is 13.2 Å². The molecule has 2 aliphatic rings.